The van der Waals surface area contributed by atoms with Crippen LogP contribution in [0.2, 0.25) is 5.02 Å². The van der Waals surface area contributed by atoms with Crippen molar-refractivity contribution in [2.24, 2.45) is 10.3 Å². The lowest BCUT2D eigenvalue weighted by atomic mass is 10.1. The molecule has 1 heterocycles. The van der Waals surface area contributed by atoms with E-state index in [0.717, 1.165) is 27.7 Å². The summed E-state index contributed by atoms with van der Waals surface area (Å²) in [4.78, 5) is 10.9. The number of hydrogen-bond acceptors (Lipinski definition) is 8. The molecule has 12 heteroatoms. The summed E-state index contributed by atoms with van der Waals surface area (Å²) in [5, 5.41) is 14.2. The third-order valence-corrected chi connectivity index (χ3v) is 7.86. The van der Waals surface area contributed by atoms with Crippen LogP contribution in [0.25, 0.3) is 21.7 Å². The van der Waals surface area contributed by atoms with E-state index in [4.69, 9.17) is 11.6 Å². The van der Waals surface area contributed by atoms with Gasteiger partial charge in [0.1, 0.15) is 12.1 Å². The van der Waals surface area contributed by atoms with Gasteiger partial charge in [-0.15, -0.1) is 0 Å². The number of benzene rings is 4. The van der Waals surface area contributed by atoms with Crippen LogP contribution in [0.3, 0.4) is 0 Å². The first kappa shape index (κ1) is 27.3. The molecule has 0 spiro atoms. The minimum atomic E-state index is -3.75. The number of fused-ring (bicyclic) bond motifs is 2. The zero-order chi connectivity index (χ0) is 28.1. The van der Waals surface area contributed by atoms with Crippen molar-refractivity contribution in [3.8, 4) is 0 Å². The van der Waals surface area contributed by atoms with Gasteiger partial charge < -0.3 is 10.2 Å². The summed E-state index contributed by atoms with van der Waals surface area (Å²) in [7, 11) is 0.107. The molecule has 0 atom stereocenters. The van der Waals surface area contributed by atoms with E-state index >= 15 is 0 Å². The number of nitrogens with zero attached hydrogens (tertiary/aromatic N) is 5. The highest BCUT2D eigenvalue weighted by molar-refractivity contribution is 7.89. The molecule has 5 rings (SSSR count). The van der Waals surface area contributed by atoms with Gasteiger partial charge in [-0.05, 0) is 48.5 Å². The fourth-order valence-corrected chi connectivity index (χ4v) is 5.70. The van der Waals surface area contributed by atoms with E-state index in [9.17, 15) is 8.42 Å². The summed E-state index contributed by atoms with van der Waals surface area (Å²) in [6, 6.07) is 23.8. The molecule has 4 aromatic carbocycles. The molecule has 1 aromatic heterocycles. The lowest BCUT2D eigenvalue weighted by Gasteiger charge is -2.17. The smallest absolute Gasteiger partial charge is 0.241 e. The minimum absolute atomic E-state index is 0.0938. The third kappa shape index (κ3) is 6.12. The van der Waals surface area contributed by atoms with Gasteiger partial charge in [0.25, 0.3) is 0 Å². The topological polar surface area (TPSA) is 124 Å². The second-order valence-electron chi connectivity index (χ2n) is 9.09. The Balaban J connectivity index is 1.22. The van der Waals surface area contributed by atoms with Crippen LogP contribution >= 0.6 is 11.6 Å². The maximum Gasteiger partial charge on any atom is 0.241 e. The van der Waals surface area contributed by atoms with E-state index < -0.39 is 10.0 Å². The fourth-order valence-electron chi connectivity index (χ4n) is 4.27. The molecule has 0 bridgehead atoms. The summed E-state index contributed by atoms with van der Waals surface area (Å²) < 4.78 is 28.7. The number of hydrogen-bond donors (Lipinski definition) is 3. The molecule has 0 aliphatic rings. The van der Waals surface area contributed by atoms with Crippen LogP contribution in [0, 0.1) is 0 Å². The lowest BCUT2D eigenvalue weighted by Crippen LogP contribution is -2.26. The van der Waals surface area contributed by atoms with Gasteiger partial charge in [-0.3, -0.25) is 5.43 Å². The van der Waals surface area contributed by atoms with E-state index in [2.05, 4.69) is 35.8 Å². The monoisotopic (exact) mass is 574 g/mol. The van der Waals surface area contributed by atoms with Gasteiger partial charge in [-0.1, -0.05) is 47.2 Å². The number of rotatable bonds is 10. The van der Waals surface area contributed by atoms with Gasteiger partial charge in [0.15, 0.2) is 0 Å². The largest absolute Gasteiger partial charge is 0.377 e. The number of halogens is 1. The van der Waals surface area contributed by atoms with Gasteiger partial charge in [0, 0.05) is 53.2 Å². The molecule has 0 radical (unpaired) electrons. The first-order valence-corrected chi connectivity index (χ1v) is 14.3. The number of nitrogens with one attached hydrogen (secondary N) is 3. The SMILES string of the molecule is CN(C)c1cccc2c(S(=O)(=O)NCCN=NNc3ccc4ncnc(Nc5cccc(Cl)c5)c4c3)cccc12. The van der Waals surface area contributed by atoms with E-state index in [1.165, 1.54) is 6.33 Å². The molecule has 3 N–H and O–H groups in total. The predicted molar refractivity (Wildman–Crippen MR) is 161 cm³/mol. The van der Waals surface area contributed by atoms with Gasteiger partial charge >= 0.3 is 0 Å². The average molecular weight is 575 g/mol. The molecule has 0 amide bonds. The molecule has 0 aliphatic carbocycles. The number of anilines is 4. The molecule has 0 saturated heterocycles. The summed E-state index contributed by atoms with van der Waals surface area (Å²) in [6.45, 7) is 0.245. The average Bonchev–Trinajstić information content (AvgIpc) is 2.94. The van der Waals surface area contributed by atoms with Crippen molar-refractivity contribution in [1.82, 2.24) is 14.7 Å². The second kappa shape index (κ2) is 11.8. The van der Waals surface area contributed by atoms with Crippen molar-refractivity contribution in [3.63, 3.8) is 0 Å². The van der Waals surface area contributed by atoms with Crippen LogP contribution < -0.4 is 20.4 Å². The summed E-state index contributed by atoms with van der Waals surface area (Å²) in [5.74, 6) is 0.619. The van der Waals surface area contributed by atoms with E-state index in [1.807, 2.05) is 73.6 Å². The molecular formula is C28H27ClN8O2S. The predicted octanol–water partition coefficient (Wildman–Crippen LogP) is 6.00. The molecule has 5 aromatic rings. The Bertz CT molecular complexity index is 1810. The van der Waals surface area contributed by atoms with Gasteiger partial charge in [0.2, 0.25) is 10.0 Å². The maximum absolute atomic E-state index is 13.0. The van der Waals surface area contributed by atoms with E-state index in [0.29, 0.717) is 21.9 Å². The van der Waals surface area contributed by atoms with Crippen molar-refractivity contribution in [3.05, 3.63) is 90.2 Å². The summed E-state index contributed by atoms with van der Waals surface area (Å²) >= 11 is 6.10. The van der Waals surface area contributed by atoms with Gasteiger partial charge in [-0.2, -0.15) is 5.11 Å². The van der Waals surface area contributed by atoms with Crippen LogP contribution in [0.15, 0.2) is 100 Å². The van der Waals surface area contributed by atoms with Crippen molar-refractivity contribution in [2.45, 2.75) is 4.90 Å². The normalized spacial score (nSPS) is 11.8. The van der Waals surface area contributed by atoms with Crippen LogP contribution in [0.1, 0.15) is 0 Å². The van der Waals surface area contributed by atoms with Crippen LogP contribution in [-0.4, -0.2) is 45.6 Å². The molecular weight excluding hydrogens is 548 g/mol. The quantitative estimate of drug-likeness (QED) is 0.106. The highest BCUT2D eigenvalue weighted by Crippen LogP contribution is 2.30. The molecule has 0 unspecified atom stereocenters. The summed E-state index contributed by atoms with van der Waals surface area (Å²) in [6.07, 6.45) is 1.49. The second-order valence-corrected chi connectivity index (χ2v) is 11.3. The molecule has 0 fully saturated rings. The third-order valence-electron chi connectivity index (χ3n) is 6.11. The van der Waals surface area contributed by atoms with Crippen molar-refractivity contribution in [1.29, 1.82) is 0 Å². The lowest BCUT2D eigenvalue weighted by molar-refractivity contribution is 0.582. The highest BCUT2D eigenvalue weighted by atomic mass is 35.5. The Morgan fingerprint density at radius 1 is 0.875 bits per heavy atom. The van der Waals surface area contributed by atoms with Crippen molar-refractivity contribution in [2.75, 3.05) is 42.8 Å². The minimum Gasteiger partial charge on any atom is -0.377 e. The Hall–Kier alpha value is -4.32. The molecule has 204 valence electrons. The highest BCUT2D eigenvalue weighted by Gasteiger charge is 2.18. The van der Waals surface area contributed by atoms with Crippen molar-refractivity contribution < 1.29 is 8.42 Å². The maximum atomic E-state index is 13.0. The first-order valence-electron chi connectivity index (χ1n) is 12.4. The Morgan fingerprint density at radius 2 is 1.68 bits per heavy atom. The zero-order valence-electron chi connectivity index (χ0n) is 21.8. The van der Waals surface area contributed by atoms with Crippen LogP contribution in [0.4, 0.5) is 22.9 Å². The zero-order valence-corrected chi connectivity index (χ0v) is 23.4. The standard InChI is InChI=1S/C28H27ClN8O2S/c1-37(2)26-10-4-9-23-22(26)8-5-11-27(23)40(38,39)33-15-14-32-36-35-21-12-13-25-24(17-21)28(31-18-30-25)34-20-7-3-6-19(29)16-20/h3-13,16-18,33H,14-15H2,1-2H3,(H,32,35)(H,30,31,34). The Morgan fingerprint density at radius 3 is 2.50 bits per heavy atom. The molecule has 0 aliphatic heterocycles. The van der Waals surface area contributed by atoms with Gasteiger partial charge in [-0.25, -0.2) is 23.1 Å². The van der Waals surface area contributed by atoms with Crippen LogP contribution in [-0.2, 0) is 10.0 Å². The number of sulfonamides is 1. The number of aromatic nitrogens is 2. The molecule has 40 heavy (non-hydrogen) atoms. The van der Waals surface area contributed by atoms with Crippen LogP contribution in [0.5, 0.6) is 0 Å². The first-order chi connectivity index (χ1) is 19.3. The summed E-state index contributed by atoms with van der Waals surface area (Å²) in [5.41, 5.74) is 6.05. The van der Waals surface area contributed by atoms with E-state index in [-0.39, 0.29) is 18.0 Å². The molecule has 0 saturated carbocycles. The van der Waals surface area contributed by atoms with Gasteiger partial charge in [0.05, 0.1) is 22.6 Å². The molecule has 10 nitrogen and oxygen atoms in total. The Labute approximate surface area is 237 Å². The van der Waals surface area contributed by atoms with Crippen molar-refractivity contribution >= 4 is 66.2 Å². The fraction of sp³-hybridized carbons (Fsp3) is 0.143. The Kier molecular flexibility index (Phi) is 8.06. The van der Waals surface area contributed by atoms with E-state index in [1.54, 1.807) is 24.3 Å².